The predicted molar refractivity (Wildman–Crippen MR) is 353 cm³/mol. The number of nitrogens with zero attached hydrogens (tertiary/aromatic N) is 1. The molecule has 2 atom stereocenters. The van der Waals surface area contributed by atoms with Gasteiger partial charge in [-0.15, -0.1) is 0 Å². The van der Waals surface area contributed by atoms with Crippen LogP contribution in [-0.2, 0) is 32.7 Å². The Hall–Kier alpha value is -2.81. The molecule has 0 amide bonds. The highest BCUT2D eigenvalue weighted by molar-refractivity contribution is 7.47. The second kappa shape index (κ2) is 62.7. The number of carbonyl (C=O) groups is 2. The first-order chi connectivity index (χ1) is 40.0. The lowest BCUT2D eigenvalue weighted by Crippen LogP contribution is -2.37. The normalized spacial score (nSPS) is 13.7. The number of allylic oxidation sites excluding steroid dienone is 14. The smallest absolute Gasteiger partial charge is 0.462 e. The summed E-state index contributed by atoms with van der Waals surface area (Å²) in [6, 6.07) is 0. The summed E-state index contributed by atoms with van der Waals surface area (Å²) < 4.78 is 34.7. The van der Waals surface area contributed by atoms with Gasteiger partial charge in [0.1, 0.15) is 19.8 Å². The van der Waals surface area contributed by atoms with Gasteiger partial charge in [0.05, 0.1) is 27.7 Å². The Kier molecular flexibility index (Phi) is 60.6. The third-order valence-electron chi connectivity index (χ3n) is 14.9. The molecular formula is C72H131NO8P+. The van der Waals surface area contributed by atoms with Gasteiger partial charge in [-0.3, -0.25) is 18.6 Å². The Bertz CT molecular complexity index is 1660. The van der Waals surface area contributed by atoms with Crippen LogP contribution in [0, 0.1) is 0 Å². The molecule has 0 rings (SSSR count). The van der Waals surface area contributed by atoms with Crippen LogP contribution in [0.3, 0.4) is 0 Å². The molecule has 0 fully saturated rings. The van der Waals surface area contributed by atoms with Gasteiger partial charge in [0.2, 0.25) is 0 Å². The zero-order valence-electron chi connectivity index (χ0n) is 54.2. The number of phosphoric ester groups is 1. The van der Waals surface area contributed by atoms with Crippen molar-refractivity contribution in [3.05, 3.63) is 85.1 Å². The van der Waals surface area contributed by atoms with Gasteiger partial charge in [-0.2, -0.15) is 0 Å². The molecule has 476 valence electrons. The van der Waals surface area contributed by atoms with Gasteiger partial charge in [-0.1, -0.05) is 292 Å². The van der Waals surface area contributed by atoms with Gasteiger partial charge in [0.25, 0.3) is 0 Å². The second-order valence-corrected chi connectivity index (χ2v) is 25.6. The summed E-state index contributed by atoms with van der Waals surface area (Å²) in [6.07, 6.45) is 85.4. The van der Waals surface area contributed by atoms with Crippen LogP contribution in [0.5, 0.6) is 0 Å². The maximum atomic E-state index is 12.9. The van der Waals surface area contributed by atoms with Gasteiger partial charge in [0, 0.05) is 12.8 Å². The first-order valence-corrected chi connectivity index (χ1v) is 35.8. The van der Waals surface area contributed by atoms with Crippen LogP contribution in [0.4, 0.5) is 0 Å². The molecule has 0 aliphatic heterocycles. The van der Waals surface area contributed by atoms with Gasteiger partial charge in [-0.25, -0.2) is 4.57 Å². The SMILES string of the molecule is CC/C=C\C/C=C\C/C=C\C/C=C\C/C=C\C/C=C\CCCCCCCCCCCCCCCCCCC(=O)OC(COC(=O)CCCCCCCCCCCCC/C=C\CCCCCCCCCC)COP(=O)(O)OCC[N+](C)(C)C. The highest BCUT2D eigenvalue weighted by Crippen LogP contribution is 2.43. The number of unbranched alkanes of at least 4 members (excludes halogenated alkanes) is 35. The molecule has 0 spiro atoms. The van der Waals surface area contributed by atoms with E-state index in [1.165, 1.54) is 205 Å². The quantitative estimate of drug-likeness (QED) is 0.0211. The third kappa shape index (κ3) is 66.3. The molecule has 0 aliphatic rings. The van der Waals surface area contributed by atoms with Crippen LogP contribution >= 0.6 is 7.82 Å². The standard InChI is InChI=1S/C72H130NO8P/c1-6-8-10-12-14-16-18-20-22-24-26-28-30-31-32-33-34-35-36-37-38-39-40-41-43-45-47-49-51-53-55-57-59-61-63-65-72(75)81-70(69-80-82(76,77)79-67-66-73(3,4)5)68-78-71(74)64-62-60-58-56-54-52-50-48-46-44-42-29-27-25-23-21-19-17-15-13-11-9-7-2/h8,10,14,16,20,22,25-28,31-32,34-35,70H,6-7,9,11-13,15,17-19,21,23-24,29-30,33,36-69H2,1-5H3/p+1/b10-8-,16-14-,22-20-,27-25-,28-26-,32-31-,35-34-. The van der Waals surface area contributed by atoms with Gasteiger partial charge in [-0.05, 0) is 89.9 Å². The number of esters is 2. The minimum Gasteiger partial charge on any atom is -0.462 e. The van der Waals surface area contributed by atoms with E-state index in [0.717, 1.165) is 70.6 Å². The molecule has 0 heterocycles. The van der Waals surface area contributed by atoms with E-state index in [0.29, 0.717) is 17.4 Å². The number of hydrogen-bond acceptors (Lipinski definition) is 7. The van der Waals surface area contributed by atoms with Crippen LogP contribution in [0.25, 0.3) is 0 Å². The van der Waals surface area contributed by atoms with Crippen molar-refractivity contribution in [1.29, 1.82) is 0 Å². The Morgan fingerprint density at radius 2 is 0.695 bits per heavy atom. The molecule has 0 bridgehead atoms. The fourth-order valence-electron chi connectivity index (χ4n) is 9.66. The molecule has 9 nitrogen and oxygen atoms in total. The number of quaternary nitrogens is 1. The van der Waals surface area contributed by atoms with Crippen molar-refractivity contribution in [3.8, 4) is 0 Å². The minimum atomic E-state index is -4.39. The molecule has 0 aromatic heterocycles. The van der Waals surface area contributed by atoms with Crippen molar-refractivity contribution in [1.82, 2.24) is 0 Å². The number of hydrogen-bond donors (Lipinski definition) is 1. The van der Waals surface area contributed by atoms with E-state index < -0.39 is 26.5 Å². The van der Waals surface area contributed by atoms with Crippen LogP contribution in [0.1, 0.15) is 309 Å². The number of likely N-dealkylation sites (N-methyl/N-ethyl adjacent to an activating group) is 1. The van der Waals surface area contributed by atoms with Crippen molar-refractivity contribution in [2.45, 2.75) is 315 Å². The number of ether oxygens (including phenoxy) is 2. The van der Waals surface area contributed by atoms with Crippen LogP contribution in [-0.4, -0.2) is 74.9 Å². The van der Waals surface area contributed by atoms with Gasteiger partial charge in [0.15, 0.2) is 6.10 Å². The fourth-order valence-corrected chi connectivity index (χ4v) is 10.4. The van der Waals surface area contributed by atoms with Crippen molar-refractivity contribution in [2.24, 2.45) is 0 Å². The summed E-state index contributed by atoms with van der Waals surface area (Å²) in [6.45, 7) is 4.36. The lowest BCUT2D eigenvalue weighted by Gasteiger charge is -2.24. The Morgan fingerprint density at radius 1 is 0.390 bits per heavy atom. The first-order valence-electron chi connectivity index (χ1n) is 34.3. The molecule has 2 unspecified atom stereocenters. The summed E-state index contributed by atoms with van der Waals surface area (Å²) in [7, 11) is 1.48. The lowest BCUT2D eigenvalue weighted by molar-refractivity contribution is -0.870. The monoisotopic (exact) mass is 1170 g/mol. The molecule has 0 aliphatic carbocycles. The van der Waals surface area contributed by atoms with Crippen molar-refractivity contribution in [3.63, 3.8) is 0 Å². The maximum Gasteiger partial charge on any atom is 0.472 e. The topological polar surface area (TPSA) is 108 Å². The predicted octanol–water partition coefficient (Wildman–Crippen LogP) is 22.2. The first kappa shape index (κ1) is 79.2. The van der Waals surface area contributed by atoms with Crippen LogP contribution in [0.15, 0.2) is 85.1 Å². The lowest BCUT2D eigenvalue weighted by atomic mass is 10.0. The summed E-state index contributed by atoms with van der Waals surface area (Å²) in [5, 5.41) is 0. The largest absolute Gasteiger partial charge is 0.472 e. The molecule has 0 saturated heterocycles. The fraction of sp³-hybridized carbons (Fsp3) is 0.778. The van der Waals surface area contributed by atoms with E-state index >= 15 is 0 Å². The minimum absolute atomic E-state index is 0.0307. The molecule has 1 N–H and O–H groups in total. The van der Waals surface area contributed by atoms with Crippen molar-refractivity contribution in [2.75, 3.05) is 47.5 Å². The molecular weight excluding hydrogens is 1040 g/mol. The highest BCUT2D eigenvalue weighted by Gasteiger charge is 2.27. The van der Waals surface area contributed by atoms with E-state index in [2.05, 4.69) is 98.9 Å². The van der Waals surface area contributed by atoms with E-state index in [9.17, 15) is 19.0 Å². The number of rotatable bonds is 63. The summed E-state index contributed by atoms with van der Waals surface area (Å²) in [5.74, 6) is -0.788. The molecule has 0 aromatic rings. The molecule has 0 aromatic carbocycles. The maximum absolute atomic E-state index is 12.9. The Morgan fingerprint density at radius 3 is 1.05 bits per heavy atom. The summed E-state index contributed by atoms with van der Waals surface area (Å²) >= 11 is 0. The van der Waals surface area contributed by atoms with E-state index in [1.54, 1.807) is 0 Å². The highest BCUT2D eigenvalue weighted by atomic mass is 31.2. The van der Waals surface area contributed by atoms with Crippen molar-refractivity contribution >= 4 is 19.8 Å². The van der Waals surface area contributed by atoms with E-state index in [4.69, 9.17) is 18.5 Å². The molecule has 0 radical (unpaired) electrons. The average molecular weight is 1170 g/mol. The van der Waals surface area contributed by atoms with E-state index in [-0.39, 0.29) is 32.0 Å². The third-order valence-corrected chi connectivity index (χ3v) is 15.9. The second-order valence-electron chi connectivity index (χ2n) is 24.2. The van der Waals surface area contributed by atoms with Gasteiger partial charge < -0.3 is 18.9 Å². The summed E-state index contributed by atoms with van der Waals surface area (Å²) in [4.78, 5) is 35.8. The zero-order chi connectivity index (χ0) is 59.8. The number of phosphoric acid groups is 1. The molecule has 82 heavy (non-hydrogen) atoms. The van der Waals surface area contributed by atoms with Crippen molar-refractivity contribution < 1.29 is 42.1 Å². The Labute approximate surface area is 507 Å². The average Bonchev–Trinajstić information content (AvgIpc) is 3.45. The number of carbonyl (C=O) groups excluding carboxylic acids is 2. The van der Waals surface area contributed by atoms with Gasteiger partial charge >= 0.3 is 19.8 Å². The summed E-state index contributed by atoms with van der Waals surface area (Å²) in [5.41, 5.74) is 0. The zero-order valence-corrected chi connectivity index (χ0v) is 55.1. The molecule has 10 heteroatoms. The van der Waals surface area contributed by atoms with Crippen LogP contribution in [0.2, 0.25) is 0 Å². The van der Waals surface area contributed by atoms with E-state index in [1.807, 2.05) is 21.1 Å². The Balaban J connectivity index is 4.04. The molecule has 0 saturated carbocycles. The van der Waals surface area contributed by atoms with Crippen LogP contribution < -0.4 is 0 Å².